The Morgan fingerprint density at radius 3 is 2.93 bits per heavy atom. The summed E-state index contributed by atoms with van der Waals surface area (Å²) >= 11 is 0. The van der Waals surface area contributed by atoms with Gasteiger partial charge in [-0.1, -0.05) is 12.8 Å². The summed E-state index contributed by atoms with van der Waals surface area (Å²) in [5.41, 5.74) is 0. The third-order valence-electron chi connectivity index (χ3n) is 3.09. The molecule has 0 saturated heterocycles. The van der Waals surface area contributed by atoms with E-state index in [2.05, 4.69) is 11.0 Å². The SMILES string of the molecule is CC(C#N)CN(C)C1CCCCCC1=O. The molecule has 2 atom stereocenters. The molecule has 1 aliphatic carbocycles. The van der Waals surface area contributed by atoms with Crippen LogP contribution in [0.3, 0.4) is 0 Å². The van der Waals surface area contributed by atoms with Crippen LogP contribution in [0.1, 0.15) is 39.0 Å². The van der Waals surface area contributed by atoms with Gasteiger partial charge < -0.3 is 0 Å². The predicted octanol–water partition coefficient (Wildman–Crippen LogP) is 1.98. The number of carbonyl (C=O) groups excluding carboxylic acids is 1. The van der Waals surface area contributed by atoms with Gasteiger partial charge in [-0.3, -0.25) is 9.69 Å². The van der Waals surface area contributed by atoms with Gasteiger partial charge in [-0.15, -0.1) is 0 Å². The maximum Gasteiger partial charge on any atom is 0.149 e. The highest BCUT2D eigenvalue weighted by molar-refractivity contribution is 5.84. The van der Waals surface area contributed by atoms with Crippen molar-refractivity contribution in [3.05, 3.63) is 0 Å². The van der Waals surface area contributed by atoms with Gasteiger partial charge >= 0.3 is 0 Å². The summed E-state index contributed by atoms with van der Waals surface area (Å²) in [6.45, 7) is 2.60. The molecule has 3 heteroatoms. The summed E-state index contributed by atoms with van der Waals surface area (Å²) in [4.78, 5) is 13.9. The number of ketones is 1. The highest BCUT2D eigenvalue weighted by Crippen LogP contribution is 2.19. The van der Waals surface area contributed by atoms with E-state index in [9.17, 15) is 4.79 Å². The van der Waals surface area contributed by atoms with Crippen LogP contribution >= 0.6 is 0 Å². The first-order valence-electron chi connectivity index (χ1n) is 5.77. The monoisotopic (exact) mass is 208 g/mol. The maximum absolute atomic E-state index is 11.8. The minimum Gasteiger partial charge on any atom is -0.298 e. The van der Waals surface area contributed by atoms with Crippen molar-refractivity contribution in [1.29, 1.82) is 5.26 Å². The molecule has 2 unspecified atom stereocenters. The van der Waals surface area contributed by atoms with Crippen molar-refractivity contribution < 1.29 is 4.79 Å². The number of nitriles is 1. The van der Waals surface area contributed by atoms with E-state index in [0.717, 1.165) is 25.7 Å². The molecule has 0 aliphatic heterocycles. The molecule has 3 nitrogen and oxygen atoms in total. The van der Waals surface area contributed by atoms with Crippen molar-refractivity contribution in [2.75, 3.05) is 13.6 Å². The molecule has 1 fully saturated rings. The Labute approximate surface area is 92.1 Å². The summed E-state index contributed by atoms with van der Waals surface area (Å²) < 4.78 is 0. The quantitative estimate of drug-likeness (QED) is 0.666. The zero-order valence-corrected chi connectivity index (χ0v) is 9.70. The summed E-state index contributed by atoms with van der Waals surface area (Å²) in [5.74, 6) is 0.367. The molecule has 0 spiro atoms. The highest BCUT2D eigenvalue weighted by Gasteiger charge is 2.25. The van der Waals surface area contributed by atoms with Crippen LogP contribution in [0.5, 0.6) is 0 Å². The predicted molar refractivity (Wildman–Crippen MR) is 59.3 cm³/mol. The lowest BCUT2D eigenvalue weighted by molar-refractivity contribution is -0.123. The average Bonchev–Trinajstić information content (AvgIpc) is 2.42. The first-order valence-corrected chi connectivity index (χ1v) is 5.77. The molecule has 0 aromatic heterocycles. The van der Waals surface area contributed by atoms with Crippen LogP contribution in [0.25, 0.3) is 0 Å². The van der Waals surface area contributed by atoms with Crippen LogP contribution in [0.15, 0.2) is 0 Å². The Bertz CT molecular complexity index is 257. The van der Waals surface area contributed by atoms with Gasteiger partial charge in [-0.2, -0.15) is 5.26 Å². The van der Waals surface area contributed by atoms with Gasteiger partial charge in [0.05, 0.1) is 18.0 Å². The Morgan fingerprint density at radius 1 is 1.53 bits per heavy atom. The summed E-state index contributed by atoms with van der Waals surface area (Å²) in [6, 6.07) is 2.27. The largest absolute Gasteiger partial charge is 0.298 e. The van der Waals surface area contributed by atoms with Crippen LogP contribution in [0.2, 0.25) is 0 Å². The van der Waals surface area contributed by atoms with E-state index >= 15 is 0 Å². The maximum atomic E-state index is 11.8. The number of Topliss-reactive ketones (excluding diaryl/α,β-unsaturated/α-hetero) is 1. The molecule has 1 aliphatic rings. The summed E-state index contributed by atoms with van der Waals surface area (Å²) in [7, 11) is 1.96. The standard InChI is InChI=1S/C12H20N2O/c1-10(8-13)9-14(2)11-6-4-3-5-7-12(11)15/h10-11H,3-7,9H2,1-2H3. The van der Waals surface area contributed by atoms with Gasteiger partial charge in [0.15, 0.2) is 0 Å². The van der Waals surface area contributed by atoms with Crippen molar-refractivity contribution in [1.82, 2.24) is 4.90 Å². The second kappa shape index (κ2) is 5.87. The molecule has 0 heterocycles. The molecule has 0 aromatic rings. The Kier molecular flexibility index (Phi) is 4.77. The van der Waals surface area contributed by atoms with Crippen molar-refractivity contribution in [3.63, 3.8) is 0 Å². The fraction of sp³-hybridized carbons (Fsp3) is 0.833. The van der Waals surface area contributed by atoms with Gasteiger partial charge in [-0.25, -0.2) is 0 Å². The minimum absolute atomic E-state index is 0.00560. The molecule has 1 rings (SSSR count). The molecular formula is C12H20N2O. The van der Waals surface area contributed by atoms with Crippen LogP contribution in [-0.4, -0.2) is 30.3 Å². The van der Waals surface area contributed by atoms with Crippen LogP contribution in [0.4, 0.5) is 0 Å². The van der Waals surface area contributed by atoms with Gasteiger partial charge in [0, 0.05) is 13.0 Å². The third-order valence-corrected chi connectivity index (χ3v) is 3.09. The van der Waals surface area contributed by atoms with Gasteiger partial charge in [-0.05, 0) is 26.8 Å². The molecule has 1 saturated carbocycles. The van der Waals surface area contributed by atoms with E-state index in [0.29, 0.717) is 12.3 Å². The fourth-order valence-electron chi connectivity index (χ4n) is 2.21. The summed E-state index contributed by atoms with van der Waals surface area (Å²) in [5, 5.41) is 8.74. The first kappa shape index (κ1) is 12.2. The van der Waals surface area contributed by atoms with Gasteiger partial charge in [0.1, 0.15) is 5.78 Å². The number of hydrogen-bond acceptors (Lipinski definition) is 3. The van der Waals surface area contributed by atoms with E-state index in [1.54, 1.807) is 0 Å². The zero-order valence-electron chi connectivity index (χ0n) is 9.70. The highest BCUT2D eigenvalue weighted by atomic mass is 16.1. The van der Waals surface area contributed by atoms with Crippen LogP contribution < -0.4 is 0 Å². The number of rotatable bonds is 3. The lowest BCUT2D eigenvalue weighted by Crippen LogP contribution is -2.39. The van der Waals surface area contributed by atoms with Crippen molar-refractivity contribution in [2.45, 2.75) is 45.1 Å². The minimum atomic E-state index is 0.00560. The lowest BCUT2D eigenvalue weighted by Gasteiger charge is -2.26. The van der Waals surface area contributed by atoms with E-state index in [1.165, 1.54) is 6.42 Å². The van der Waals surface area contributed by atoms with E-state index < -0.39 is 0 Å². The van der Waals surface area contributed by atoms with Gasteiger partial charge in [0.25, 0.3) is 0 Å². The molecular weight excluding hydrogens is 188 g/mol. The van der Waals surface area contributed by atoms with E-state index in [-0.39, 0.29) is 12.0 Å². The normalized spacial score (nSPS) is 24.7. The molecule has 0 N–H and O–H groups in total. The second-order valence-electron chi connectivity index (χ2n) is 4.55. The Balaban J connectivity index is 2.52. The molecule has 0 amide bonds. The zero-order chi connectivity index (χ0) is 11.3. The molecule has 0 aromatic carbocycles. The number of nitrogens with zero attached hydrogens (tertiary/aromatic N) is 2. The van der Waals surface area contributed by atoms with Crippen LogP contribution in [-0.2, 0) is 4.79 Å². The van der Waals surface area contributed by atoms with E-state index in [4.69, 9.17) is 5.26 Å². The Hall–Kier alpha value is -0.880. The average molecular weight is 208 g/mol. The summed E-state index contributed by atoms with van der Waals surface area (Å²) in [6.07, 6.45) is 5.03. The van der Waals surface area contributed by atoms with Gasteiger partial charge in [0.2, 0.25) is 0 Å². The lowest BCUT2D eigenvalue weighted by atomic mass is 10.0. The number of carbonyl (C=O) groups is 1. The van der Waals surface area contributed by atoms with Crippen LogP contribution in [0, 0.1) is 17.2 Å². The molecule has 0 radical (unpaired) electrons. The van der Waals surface area contributed by atoms with Crippen molar-refractivity contribution in [2.24, 2.45) is 5.92 Å². The fourth-order valence-corrected chi connectivity index (χ4v) is 2.21. The topological polar surface area (TPSA) is 44.1 Å². The van der Waals surface area contributed by atoms with Crippen molar-refractivity contribution in [3.8, 4) is 6.07 Å². The third kappa shape index (κ3) is 3.64. The molecule has 15 heavy (non-hydrogen) atoms. The van der Waals surface area contributed by atoms with E-state index in [1.807, 2.05) is 14.0 Å². The van der Waals surface area contributed by atoms with Crippen molar-refractivity contribution >= 4 is 5.78 Å². The first-order chi connectivity index (χ1) is 7.15. The molecule has 84 valence electrons. The Morgan fingerprint density at radius 2 is 2.27 bits per heavy atom. The second-order valence-corrected chi connectivity index (χ2v) is 4.55. The smallest absolute Gasteiger partial charge is 0.149 e. The number of likely N-dealkylation sites (N-methyl/N-ethyl adjacent to an activating group) is 1. The number of hydrogen-bond donors (Lipinski definition) is 0. The molecule has 0 bridgehead atoms.